The lowest BCUT2D eigenvalue weighted by molar-refractivity contribution is -0.116. The van der Waals surface area contributed by atoms with Gasteiger partial charge in [0.25, 0.3) is 0 Å². The highest BCUT2D eigenvalue weighted by Crippen LogP contribution is 2.23. The molecule has 1 N–H and O–H groups in total. The average Bonchev–Trinajstić information content (AvgIpc) is 3.03. The van der Waals surface area contributed by atoms with E-state index in [1.807, 2.05) is 66.1 Å². The van der Waals surface area contributed by atoms with E-state index in [0.717, 1.165) is 22.3 Å². The number of imidazole rings is 1. The van der Waals surface area contributed by atoms with Crippen molar-refractivity contribution in [3.8, 4) is 11.5 Å². The maximum absolute atomic E-state index is 12.6. The molecule has 0 bridgehead atoms. The second kappa shape index (κ2) is 6.76. The first-order valence-electron chi connectivity index (χ1n) is 8.30. The van der Waals surface area contributed by atoms with E-state index in [1.54, 1.807) is 12.4 Å². The summed E-state index contributed by atoms with van der Waals surface area (Å²) in [5.41, 5.74) is 3.36. The topological polar surface area (TPSA) is 72.7 Å². The predicted molar refractivity (Wildman–Crippen MR) is 101 cm³/mol. The van der Waals surface area contributed by atoms with Gasteiger partial charge in [-0.3, -0.25) is 9.78 Å². The fourth-order valence-corrected chi connectivity index (χ4v) is 2.86. The summed E-state index contributed by atoms with van der Waals surface area (Å²) >= 11 is 0. The van der Waals surface area contributed by atoms with Gasteiger partial charge in [-0.05, 0) is 42.8 Å². The Balaban J connectivity index is 1.71. The Hall–Kier alpha value is -3.54. The minimum Gasteiger partial charge on any atom is -0.313 e. The van der Waals surface area contributed by atoms with Crippen LogP contribution in [-0.4, -0.2) is 25.4 Å². The number of amides is 1. The maximum Gasteiger partial charge on any atom is 0.245 e. The van der Waals surface area contributed by atoms with Crippen molar-refractivity contribution < 1.29 is 4.79 Å². The molecular formula is C20H17N5O. The molecular weight excluding hydrogens is 326 g/mol. The quantitative estimate of drug-likeness (QED) is 0.616. The lowest BCUT2D eigenvalue weighted by Gasteiger charge is -2.10. The molecule has 0 aliphatic carbocycles. The molecule has 0 spiro atoms. The third kappa shape index (κ3) is 3.04. The van der Waals surface area contributed by atoms with Gasteiger partial charge in [0.2, 0.25) is 5.91 Å². The molecule has 0 fully saturated rings. The number of hydrogen-bond donors (Lipinski definition) is 1. The molecule has 128 valence electrons. The number of aryl methyl sites for hydroxylation is 1. The average molecular weight is 343 g/mol. The molecule has 6 heteroatoms. The summed E-state index contributed by atoms with van der Waals surface area (Å²) in [5, 5.41) is 2.87. The molecule has 4 aromatic rings. The molecule has 1 aromatic carbocycles. The van der Waals surface area contributed by atoms with Crippen molar-refractivity contribution in [1.82, 2.24) is 19.5 Å². The van der Waals surface area contributed by atoms with Crippen LogP contribution in [0.3, 0.4) is 0 Å². The summed E-state index contributed by atoms with van der Waals surface area (Å²) in [6, 6.07) is 17.1. The zero-order valence-corrected chi connectivity index (χ0v) is 14.3. The molecule has 6 nitrogen and oxygen atoms in total. The van der Waals surface area contributed by atoms with Crippen LogP contribution < -0.4 is 5.32 Å². The number of carbonyl (C=O) groups excluding carboxylic acids is 1. The van der Waals surface area contributed by atoms with Crippen molar-refractivity contribution in [3.05, 3.63) is 72.6 Å². The van der Waals surface area contributed by atoms with E-state index in [-0.39, 0.29) is 12.5 Å². The van der Waals surface area contributed by atoms with E-state index in [1.165, 1.54) is 0 Å². The monoisotopic (exact) mass is 343 g/mol. The van der Waals surface area contributed by atoms with Crippen molar-refractivity contribution in [3.63, 3.8) is 0 Å². The SMILES string of the molecule is Cc1cccnc1NC(=O)Cn1c(-c2ccccn2)nc2ccccc21. The Morgan fingerprint density at radius 3 is 2.62 bits per heavy atom. The molecule has 0 aliphatic rings. The number of anilines is 1. The Labute approximate surface area is 150 Å². The zero-order valence-electron chi connectivity index (χ0n) is 14.3. The lowest BCUT2D eigenvalue weighted by atomic mass is 10.3. The number of carbonyl (C=O) groups is 1. The summed E-state index contributed by atoms with van der Waals surface area (Å²) in [6.45, 7) is 2.04. The number of pyridine rings is 2. The number of fused-ring (bicyclic) bond motifs is 1. The first-order valence-corrected chi connectivity index (χ1v) is 8.30. The van der Waals surface area contributed by atoms with Crippen LogP contribution in [0, 0.1) is 6.92 Å². The number of rotatable bonds is 4. The zero-order chi connectivity index (χ0) is 17.9. The molecule has 3 heterocycles. The molecule has 0 unspecified atom stereocenters. The largest absolute Gasteiger partial charge is 0.313 e. The first-order chi connectivity index (χ1) is 12.7. The normalized spacial score (nSPS) is 10.8. The van der Waals surface area contributed by atoms with Gasteiger partial charge in [0.15, 0.2) is 5.82 Å². The molecule has 26 heavy (non-hydrogen) atoms. The highest BCUT2D eigenvalue weighted by Gasteiger charge is 2.16. The molecule has 3 aromatic heterocycles. The Bertz CT molecular complexity index is 1070. The molecule has 0 saturated heterocycles. The summed E-state index contributed by atoms with van der Waals surface area (Å²) in [5.74, 6) is 1.08. The molecule has 4 rings (SSSR count). The van der Waals surface area contributed by atoms with E-state index in [2.05, 4.69) is 20.3 Å². The van der Waals surface area contributed by atoms with Crippen LogP contribution in [0.15, 0.2) is 67.0 Å². The Morgan fingerprint density at radius 1 is 1.00 bits per heavy atom. The summed E-state index contributed by atoms with van der Waals surface area (Å²) in [4.78, 5) is 25.9. The van der Waals surface area contributed by atoms with Gasteiger partial charge < -0.3 is 9.88 Å². The van der Waals surface area contributed by atoms with Crippen molar-refractivity contribution >= 4 is 22.8 Å². The minimum atomic E-state index is -0.160. The predicted octanol–water partition coefficient (Wildman–Crippen LogP) is 3.44. The van der Waals surface area contributed by atoms with Crippen molar-refractivity contribution in [2.45, 2.75) is 13.5 Å². The fraction of sp³-hybridized carbons (Fsp3) is 0.100. The molecule has 0 aliphatic heterocycles. The summed E-state index contributed by atoms with van der Waals surface area (Å²) < 4.78 is 1.88. The molecule has 0 radical (unpaired) electrons. The van der Waals surface area contributed by atoms with E-state index in [0.29, 0.717) is 11.6 Å². The number of hydrogen-bond acceptors (Lipinski definition) is 4. The molecule has 1 amide bonds. The van der Waals surface area contributed by atoms with E-state index in [9.17, 15) is 4.79 Å². The van der Waals surface area contributed by atoms with E-state index < -0.39 is 0 Å². The molecule has 0 saturated carbocycles. The summed E-state index contributed by atoms with van der Waals surface area (Å²) in [6.07, 6.45) is 3.38. The first kappa shape index (κ1) is 16.0. The standard InChI is InChI=1S/C20H17N5O/c1-14-7-6-12-22-19(14)24-18(26)13-25-17-10-3-2-8-15(17)23-20(25)16-9-4-5-11-21-16/h2-12H,13H2,1H3,(H,22,24,26). The molecule has 0 atom stereocenters. The van der Waals surface area contributed by atoms with Crippen LogP contribution in [0.25, 0.3) is 22.6 Å². The van der Waals surface area contributed by atoms with Gasteiger partial charge in [-0.1, -0.05) is 24.3 Å². The fourth-order valence-electron chi connectivity index (χ4n) is 2.86. The Kier molecular flexibility index (Phi) is 4.15. The van der Waals surface area contributed by atoms with Crippen LogP contribution >= 0.6 is 0 Å². The van der Waals surface area contributed by atoms with Gasteiger partial charge in [-0.15, -0.1) is 0 Å². The second-order valence-corrected chi connectivity index (χ2v) is 5.94. The van der Waals surface area contributed by atoms with Crippen LogP contribution in [0.4, 0.5) is 5.82 Å². The highest BCUT2D eigenvalue weighted by atomic mass is 16.2. The third-order valence-corrected chi connectivity index (χ3v) is 4.12. The van der Waals surface area contributed by atoms with Crippen molar-refractivity contribution in [2.24, 2.45) is 0 Å². The van der Waals surface area contributed by atoms with Gasteiger partial charge in [0.1, 0.15) is 18.1 Å². The van der Waals surface area contributed by atoms with Crippen molar-refractivity contribution in [2.75, 3.05) is 5.32 Å². The van der Waals surface area contributed by atoms with Crippen LogP contribution in [-0.2, 0) is 11.3 Å². The van der Waals surface area contributed by atoms with Gasteiger partial charge in [-0.2, -0.15) is 0 Å². The number of nitrogens with zero attached hydrogens (tertiary/aromatic N) is 4. The third-order valence-electron chi connectivity index (χ3n) is 4.12. The van der Waals surface area contributed by atoms with Gasteiger partial charge in [-0.25, -0.2) is 9.97 Å². The second-order valence-electron chi connectivity index (χ2n) is 5.94. The van der Waals surface area contributed by atoms with Gasteiger partial charge in [0.05, 0.1) is 11.0 Å². The van der Waals surface area contributed by atoms with Crippen LogP contribution in [0.5, 0.6) is 0 Å². The van der Waals surface area contributed by atoms with E-state index >= 15 is 0 Å². The van der Waals surface area contributed by atoms with Gasteiger partial charge in [0, 0.05) is 12.4 Å². The maximum atomic E-state index is 12.6. The smallest absolute Gasteiger partial charge is 0.245 e. The Morgan fingerprint density at radius 2 is 1.81 bits per heavy atom. The number of benzene rings is 1. The van der Waals surface area contributed by atoms with Crippen LogP contribution in [0.2, 0.25) is 0 Å². The number of para-hydroxylation sites is 2. The minimum absolute atomic E-state index is 0.127. The number of aromatic nitrogens is 4. The van der Waals surface area contributed by atoms with E-state index in [4.69, 9.17) is 0 Å². The van der Waals surface area contributed by atoms with Gasteiger partial charge >= 0.3 is 0 Å². The number of nitrogens with one attached hydrogen (secondary N) is 1. The highest BCUT2D eigenvalue weighted by molar-refractivity contribution is 5.92. The van der Waals surface area contributed by atoms with Crippen LogP contribution in [0.1, 0.15) is 5.56 Å². The lowest BCUT2D eigenvalue weighted by Crippen LogP contribution is -2.20. The van der Waals surface area contributed by atoms with Crippen molar-refractivity contribution in [1.29, 1.82) is 0 Å². The summed E-state index contributed by atoms with van der Waals surface area (Å²) in [7, 11) is 0.